The predicted octanol–water partition coefficient (Wildman–Crippen LogP) is 3.84. The van der Waals surface area contributed by atoms with Crippen molar-refractivity contribution in [1.82, 2.24) is 9.97 Å². The van der Waals surface area contributed by atoms with Crippen LogP contribution in [0.5, 0.6) is 5.88 Å². The fourth-order valence-electron chi connectivity index (χ4n) is 2.08. The number of hydrogen-bond donors (Lipinski definition) is 2. The highest BCUT2D eigenvalue weighted by atomic mass is 19.1. The zero-order valence-corrected chi connectivity index (χ0v) is 13.1. The molecule has 0 saturated heterocycles. The van der Waals surface area contributed by atoms with Gasteiger partial charge in [-0.1, -0.05) is 36.4 Å². The Morgan fingerprint density at radius 3 is 2.60 bits per heavy atom. The molecule has 0 aliphatic heterocycles. The Kier molecular flexibility index (Phi) is 5.16. The lowest BCUT2D eigenvalue weighted by atomic mass is 10.2. The van der Waals surface area contributed by atoms with E-state index in [1.807, 2.05) is 30.3 Å². The van der Waals surface area contributed by atoms with Crippen molar-refractivity contribution in [1.29, 1.82) is 0 Å². The number of ether oxygens (including phenoxy) is 1. The maximum absolute atomic E-state index is 13.2. The largest absolute Gasteiger partial charge is 0.470 e. The molecule has 0 fully saturated rings. The Morgan fingerprint density at radius 2 is 1.80 bits per heavy atom. The van der Waals surface area contributed by atoms with Gasteiger partial charge in [0.15, 0.2) is 5.82 Å². The minimum Gasteiger partial charge on any atom is -0.470 e. The topological polar surface area (TPSA) is 76.1 Å². The first-order valence-corrected chi connectivity index (χ1v) is 7.52. The van der Waals surface area contributed by atoms with Crippen LogP contribution in [-0.2, 0) is 6.61 Å². The zero-order chi connectivity index (χ0) is 17.5. The Bertz CT molecular complexity index is 858. The summed E-state index contributed by atoms with van der Waals surface area (Å²) in [7, 11) is 0. The highest BCUT2D eigenvalue weighted by Gasteiger charge is 2.11. The van der Waals surface area contributed by atoms with E-state index < -0.39 is 11.8 Å². The number of anilines is 2. The molecule has 7 heteroatoms. The summed E-state index contributed by atoms with van der Waals surface area (Å²) in [6.45, 7) is 0.291. The number of nitrogens with zero attached hydrogens (tertiary/aromatic N) is 2. The molecule has 2 amide bonds. The standard InChI is InChI=1S/C18H15FN4O2/c19-14-7-4-8-15(11-14)22-18(24)23-16-17(21-10-9-20-16)25-12-13-5-2-1-3-6-13/h1-11H,12H2,(H2,20,22,23,24). The second-order valence-electron chi connectivity index (χ2n) is 5.07. The molecule has 1 aromatic heterocycles. The second kappa shape index (κ2) is 7.87. The molecule has 0 radical (unpaired) electrons. The monoisotopic (exact) mass is 338 g/mol. The number of aromatic nitrogens is 2. The van der Waals surface area contributed by atoms with Crippen molar-refractivity contribution in [2.75, 3.05) is 10.6 Å². The Hall–Kier alpha value is -3.48. The van der Waals surface area contributed by atoms with Crippen molar-refractivity contribution >= 4 is 17.5 Å². The summed E-state index contributed by atoms with van der Waals surface area (Å²) >= 11 is 0. The molecule has 0 bridgehead atoms. The van der Waals surface area contributed by atoms with Gasteiger partial charge in [-0.25, -0.2) is 19.2 Å². The van der Waals surface area contributed by atoms with E-state index in [1.54, 1.807) is 6.07 Å². The van der Waals surface area contributed by atoms with Crippen molar-refractivity contribution < 1.29 is 13.9 Å². The van der Waals surface area contributed by atoms with E-state index in [4.69, 9.17) is 4.74 Å². The van der Waals surface area contributed by atoms with Crippen molar-refractivity contribution in [3.8, 4) is 5.88 Å². The molecule has 0 unspecified atom stereocenters. The smallest absolute Gasteiger partial charge is 0.325 e. The Balaban J connectivity index is 1.65. The molecule has 3 rings (SSSR count). The van der Waals surface area contributed by atoms with E-state index in [0.717, 1.165) is 5.56 Å². The average molecular weight is 338 g/mol. The van der Waals surface area contributed by atoms with Crippen LogP contribution in [0.4, 0.5) is 20.7 Å². The number of benzene rings is 2. The highest BCUT2D eigenvalue weighted by molar-refractivity contribution is 5.99. The summed E-state index contributed by atoms with van der Waals surface area (Å²) < 4.78 is 18.8. The van der Waals surface area contributed by atoms with Gasteiger partial charge in [-0.3, -0.25) is 5.32 Å². The van der Waals surface area contributed by atoms with E-state index in [0.29, 0.717) is 12.3 Å². The molecule has 0 aliphatic carbocycles. The number of halogens is 1. The lowest BCUT2D eigenvalue weighted by Gasteiger charge is -2.11. The van der Waals surface area contributed by atoms with Crippen LogP contribution in [0.1, 0.15) is 5.56 Å². The molecule has 2 aromatic carbocycles. The van der Waals surface area contributed by atoms with Crippen LogP contribution in [0.15, 0.2) is 67.0 Å². The first kappa shape index (κ1) is 16.4. The molecule has 2 N–H and O–H groups in total. The van der Waals surface area contributed by atoms with Gasteiger partial charge in [-0.15, -0.1) is 0 Å². The van der Waals surface area contributed by atoms with Crippen LogP contribution in [0.3, 0.4) is 0 Å². The fraction of sp³-hybridized carbons (Fsp3) is 0.0556. The first-order chi connectivity index (χ1) is 12.2. The first-order valence-electron chi connectivity index (χ1n) is 7.52. The van der Waals surface area contributed by atoms with Crippen molar-refractivity contribution in [3.05, 3.63) is 78.4 Å². The van der Waals surface area contributed by atoms with Crippen molar-refractivity contribution in [3.63, 3.8) is 0 Å². The summed E-state index contributed by atoms with van der Waals surface area (Å²) in [5, 5.41) is 5.06. The van der Waals surface area contributed by atoms with Gasteiger partial charge in [-0.2, -0.15) is 0 Å². The molecule has 1 heterocycles. The number of carbonyl (C=O) groups is 1. The zero-order valence-electron chi connectivity index (χ0n) is 13.1. The van der Waals surface area contributed by atoms with E-state index in [2.05, 4.69) is 20.6 Å². The second-order valence-corrected chi connectivity index (χ2v) is 5.07. The van der Waals surface area contributed by atoms with Crippen LogP contribution in [0.2, 0.25) is 0 Å². The maximum Gasteiger partial charge on any atom is 0.325 e. The molecule has 3 aromatic rings. The molecular weight excluding hydrogens is 323 g/mol. The van der Waals surface area contributed by atoms with Crippen LogP contribution >= 0.6 is 0 Å². The number of hydrogen-bond acceptors (Lipinski definition) is 4. The summed E-state index contributed by atoms with van der Waals surface area (Å²) in [5.74, 6) is -0.0720. The molecule has 0 atom stereocenters. The van der Waals surface area contributed by atoms with Gasteiger partial charge >= 0.3 is 6.03 Å². The number of carbonyl (C=O) groups excluding carboxylic acids is 1. The normalized spacial score (nSPS) is 10.1. The maximum atomic E-state index is 13.2. The van der Waals surface area contributed by atoms with Gasteiger partial charge in [0.05, 0.1) is 0 Å². The third kappa shape index (κ3) is 4.74. The van der Waals surface area contributed by atoms with Crippen molar-refractivity contribution in [2.24, 2.45) is 0 Å². The number of nitrogens with one attached hydrogen (secondary N) is 2. The van der Waals surface area contributed by atoms with Crippen LogP contribution in [0.25, 0.3) is 0 Å². The van der Waals surface area contributed by atoms with Gasteiger partial charge in [-0.05, 0) is 23.8 Å². The van der Waals surface area contributed by atoms with Crippen molar-refractivity contribution in [2.45, 2.75) is 6.61 Å². The van der Waals surface area contributed by atoms with E-state index in [-0.39, 0.29) is 11.7 Å². The van der Waals surface area contributed by atoms with Crippen LogP contribution < -0.4 is 15.4 Å². The predicted molar refractivity (Wildman–Crippen MR) is 91.8 cm³/mol. The summed E-state index contributed by atoms with van der Waals surface area (Å²) in [6.07, 6.45) is 2.91. The SMILES string of the molecule is O=C(Nc1cccc(F)c1)Nc1nccnc1OCc1ccccc1. The molecular formula is C18H15FN4O2. The summed E-state index contributed by atoms with van der Waals surface area (Å²) in [4.78, 5) is 20.2. The van der Waals surface area contributed by atoms with Gasteiger partial charge in [0.2, 0.25) is 0 Å². The van der Waals surface area contributed by atoms with Gasteiger partial charge in [0.1, 0.15) is 12.4 Å². The molecule has 0 saturated carbocycles. The van der Waals surface area contributed by atoms with Gasteiger partial charge in [0.25, 0.3) is 5.88 Å². The summed E-state index contributed by atoms with van der Waals surface area (Å²) in [5.41, 5.74) is 1.29. The third-order valence-electron chi connectivity index (χ3n) is 3.20. The van der Waals surface area contributed by atoms with E-state index >= 15 is 0 Å². The molecule has 6 nitrogen and oxygen atoms in total. The quantitative estimate of drug-likeness (QED) is 0.741. The van der Waals surface area contributed by atoms with Crippen LogP contribution in [0, 0.1) is 5.82 Å². The number of rotatable bonds is 5. The lowest BCUT2D eigenvalue weighted by molar-refractivity contribution is 0.261. The lowest BCUT2D eigenvalue weighted by Crippen LogP contribution is -2.21. The fourth-order valence-corrected chi connectivity index (χ4v) is 2.08. The minimum atomic E-state index is -0.573. The number of urea groups is 1. The number of amides is 2. The Morgan fingerprint density at radius 1 is 1.00 bits per heavy atom. The Labute approximate surface area is 143 Å². The van der Waals surface area contributed by atoms with E-state index in [9.17, 15) is 9.18 Å². The van der Waals surface area contributed by atoms with Gasteiger partial charge < -0.3 is 10.1 Å². The van der Waals surface area contributed by atoms with Gasteiger partial charge in [0, 0.05) is 18.1 Å². The third-order valence-corrected chi connectivity index (χ3v) is 3.20. The van der Waals surface area contributed by atoms with Crippen LogP contribution in [-0.4, -0.2) is 16.0 Å². The molecule has 25 heavy (non-hydrogen) atoms. The molecule has 0 aliphatic rings. The molecule has 126 valence electrons. The molecule has 0 spiro atoms. The summed E-state index contributed by atoms with van der Waals surface area (Å²) in [6, 6.07) is 14.6. The highest BCUT2D eigenvalue weighted by Crippen LogP contribution is 2.19. The average Bonchev–Trinajstić information content (AvgIpc) is 2.62. The minimum absolute atomic E-state index is 0.173. The van der Waals surface area contributed by atoms with E-state index in [1.165, 1.54) is 30.6 Å².